The quantitative estimate of drug-likeness (QED) is 0.252. The fourth-order valence-electron chi connectivity index (χ4n) is 3.52. The molecule has 0 aliphatic carbocycles. The second kappa shape index (κ2) is 12.5. The Morgan fingerprint density at radius 2 is 1.37 bits per heavy atom. The molecule has 3 atom stereocenters. The molecule has 0 fully saturated rings. The third-order valence-electron chi connectivity index (χ3n) is 4.97. The van der Waals surface area contributed by atoms with E-state index in [2.05, 4.69) is 6.08 Å². The number of carboxylic acids is 3. The second-order valence-electron chi connectivity index (χ2n) is 7.73. The molecule has 0 saturated heterocycles. The fraction of sp³-hybridized carbons (Fsp3) is 0.750. The Labute approximate surface area is 162 Å². The molecule has 0 aliphatic heterocycles. The van der Waals surface area contributed by atoms with Crippen LogP contribution in [0.5, 0.6) is 0 Å². The van der Waals surface area contributed by atoms with Crippen molar-refractivity contribution in [1.29, 1.82) is 0 Å². The maximum absolute atomic E-state index is 11.4. The van der Waals surface area contributed by atoms with Gasteiger partial charge in [-0.3, -0.25) is 9.59 Å². The molecule has 0 spiro atoms. The van der Waals surface area contributed by atoms with E-state index in [1.54, 1.807) is 13.8 Å². The van der Waals surface area contributed by atoms with Crippen molar-refractivity contribution in [1.82, 2.24) is 0 Å². The summed E-state index contributed by atoms with van der Waals surface area (Å²) < 4.78 is 0.166. The summed E-state index contributed by atoms with van der Waals surface area (Å²) in [5.74, 6) is -5.29. The fourth-order valence-corrected chi connectivity index (χ4v) is 3.52. The van der Waals surface area contributed by atoms with Crippen molar-refractivity contribution in [2.45, 2.75) is 53.4 Å². The van der Waals surface area contributed by atoms with Gasteiger partial charge in [0.25, 0.3) is 0 Å². The summed E-state index contributed by atoms with van der Waals surface area (Å²) in [6, 6.07) is 0. The average molecular weight is 386 g/mol. The lowest BCUT2D eigenvalue weighted by molar-refractivity contribution is -0.934. The van der Waals surface area contributed by atoms with Gasteiger partial charge in [0.1, 0.15) is 11.8 Å². The number of rotatable bonds is 15. The number of quaternary nitrogens is 1. The lowest BCUT2D eigenvalue weighted by Gasteiger charge is -2.43. The van der Waals surface area contributed by atoms with Crippen molar-refractivity contribution in [2.24, 2.45) is 17.8 Å². The van der Waals surface area contributed by atoms with Crippen LogP contribution in [0.4, 0.5) is 0 Å². The van der Waals surface area contributed by atoms with Gasteiger partial charge in [0.2, 0.25) is 0 Å². The Morgan fingerprint density at radius 1 is 0.889 bits per heavy atom. The minimum Gasteiger partial charge on any atom is -0.550 e. The van der Waals surface area contributed by atoms with Crippen molar-refractivity contribution in [3.05, 3.63) is 12.2 Å². The number of carbonyl (C=O) groups excluding carboxylic acids is 1. The molecular weight excluding hydrogens is 350 g/mol. The van der Waals surface area contributed by atoms with E-state index in [0.29, 0.717) is 6.54 Å². The molecule has 2 N–H and O–H groups in total. The molecule has 0 bridgehead atoms. The Kier molecular flexibility index (Phi) is 11.6. The van der Waals surface area contributed by atoms with Crippen LogP contribution in [0, 0.1) is 17.8 Å². The van der Waals surface area contributed by atoms with Crippen LogP contribution < -0.4 is 5.11 Å². The van der Waals surface area contributed by atoms with Crippen LogP contribution in [0.25, 0.3) is 0 Å². The molecule has 7 nitrogen and oxygen atoms in total. The van der Waals surface area contributed by atoms with E-state index in [0.717, 1.165) is 25.7 Å². The zero-order valence-corrected chi connectivity index (χ0v) is 17.0. The van der Waals surface area contributed by atoms with Gasteiger partial charge in [-0.2, -0.15) is 0 Å². The smallest absolute Gasteiger partial charge is 0.311 e. The molecule has 0 radical (unpaired) electrons. The van der Waals surface area contributed by atoms with Gasteiger partial charge >= 0.3 is 11.9 Å². The molecule has 0 heterocycles. The lowest BCUT2D eigenvalue weighted by atomic mass is 10.0. The van der Waals surface area contributed by atoms with Crippen molar-refractivity contribution in [2.75, 3.05) is 26.2 Å². The summed E-state index contributed by atoms with van der Waals surface area (Å²) in [7, 11) is 0. The number of nitrogens with zero attached hydrogens (tertiary/aromatic N) is 1. The Hall–Kier alpha value is -1.89. The van der Waals surface area contributed by atoms with Gasteiger partial charge in [-0.1, -0.05) is 19.1 Å². The van der Waals surface area contributed by atoms with Crippen LogP contribution in [-0.2, 0) is 14.4 Å². The molecule has 0 aliphatic rings. The zero-order chi connectivity index (χ0) is 21.0. The number of unbranched alkanes of at least 4 members (excludes halogenated alkanes) is 3. The summed E-state index contributed by atoms with van der Waals surface area (Å²) in [6.45, 7) is 7.80. The molecule has 7 heteroatoms. The van der Waals surface area contributed by atoms with E-state index in [1.807, 2.05) is 13.0 Å². The van der Waals surface area contributed by atoms with Gasteiger partial charge in [-0.05, 0) is 46.5 Å². The first-order valence-corrected chi connectivity index (χ1v) is 9.67. The SMILES string of the molecule is C/C=C/CCCCC[N+](CC(C)C(=O)[O-])(CC(C)C(=O)O)CC(C)C(=O)O. The predicted octanol–water partition coefficient (Wildman–Crippen LogP) is 1.77. The first-order chi connectivity index (χ1) is 12.5. The van der Waals surface area contributed by atoms with Crippen molar-refractivity contribution < 1.29 is 34.2 Å². The number of hydrogen-bond donors (Lipinski definition) is 2. The zero-order valence-electron chi connectivity index (χ0n) is 17.0. The highest BCUT2D eigenvalue weighted by molar-refractivity contribution is 5.70. The summed E-state index contributed by atoms with van der Waals surface area (Å²) in [5, 5.41) is 30.0. The summed E-state index contributed by atoms with van der Waals surface area (Å²) in [5.41, 5.74) is 0. The minimum atomic E-state index is -1.20. The van der Waals surface area contributed by atoms with Crippen LogP contribution >= 0.6 is 0 Å². The minimum absolute atomic E-state index is 0.166. The Bertz CT molecular complexity index is 462. The highest BCUT2D eigenvalue weighted by atomic mass is 16.4. The second-order valence-corrected chi connectivity index (χ2v) is 7.73. The monoisotopic (exact) mass is 385 g/mol. The largest absolute Gasteiger partial charge is 0.550 e. The summed E-state index contributed by atoms with van der Waals surface area (Å²) in [6.07, 6.45) is 7.74. The van der Waals surface area contributed by atoms with Crippen molar-refractivity contribution >= 4 is 17.9 Å². The molecule has 0 rings (SSSR count). The van der Waals surface area contributed by atoms with Gasteiger partial charge in [0, 0.05) is 11.9 Å². The van der Waals surface area contributed by atoms with Gasteiger partial charge in [0.15, 0.2) is 0 Å². The third-order valence-corrected chi connectivity index (χ3v) is 4.97. The molecule has 3 unspecified atom stereocenters. The summed E-state index contributed by atoms with van der Waals surface area (Å²) >= 11 is 0. The van der Waals surface area contributed by atoms with E-state index in [-0.39, 0.29) is 24.1 Å². The highest BCUT2D eigenvalue weighted by Crippen LogP contribution is 2.21. The van der Waals surface area contributed by atoms with E-state index >= 15 is 0 Å². The van der Waals surface area contributed by atoms with Gasteiger partial charge in [-0.25, -0.2) is 0 Å². The molecule has 156 valence electrons. The van der Waals surface area contributed by atoms with E-state index in [9.17, 15) is 29.7 Å². The molecule has 0 amide bonds. The summed E-state index contributed by atoms with van der Waals surface area (Å²) in [4.78, 5) is 34.1. The highest BCUT2D eigenvalue weighted by Gasteiger charge is 2.36. The predicted molar refractivity (Wildman–Crippen MR) is 101 cm³/mol. The molecule has 27 heavy (non-hydrogen) atoms. The van der Waals surface area contributed by atoms with Gasteiger partial charge in [0.05, 0.1) is 26.2 Å². The maximum Gasteiger partial charge on any atom is 0.311 e. The van der Waals surface area contributed by atoms with Crippen LogP contribution in [0.15, 0.2) is 12.2 Å². The molecule has 0 saturated carbocycles. The third kappa shape index (κ3) is 10.1. The van der Waals surface area contributed by atoms with Crippen LogP contribution in [0.1, 0.15) is 53.4 Å². The topological polar surface area (TPSA) is 115 Å². The Morgan fingerprint density at radius 3 is 1.78 bits per heavy atom. The number of allylic oxidation sites excluding steroid dienone is 2. The van der Waals surface area contributed by atoms with Gasteiger partial charge < -0.3 is 24.6 Å². The van der Waals surface area contributed by atoms with E-state index in [1.165, 1.54) is 6.92 Å². The number of carboxylic acid groups (broad SMARTS) is 3. The normalized spacial score (nSPS) is 17.2. The van der Waals surface area contributed by atoms with Gasteiger partial charge in [-0.15, -0.1) is 0 Å². The first-order valence-electron chi connectivity index (χ1n) is 9.67. The first kappa shape index (κ1) is 25.1. The Balaban J connectivity index is 5.42. The molecule has 0 aromatic carbocycles. The van der Waals surface area contributed by atoms with Crippen LogP contribution in [-0.4, -0.2) is 58.8 Å². The lowest BCUT2D eigenvalue weighted by Crippen LogP contribution is -2.58. The molecular formula is C20H35NO6. The van der Waals surface area contributed by atoms with Crippen molar-refractivity contribution in [3.8, 4) is 0 Å². The number of carbonyl (C=O) groups is 3. The maximum atomic E-state index is 11.4. The molecule has 0 aromatic heterocycles. The van der Waals surface area contributed by atoms with Crippen LogP contribution in [0.3, 0.4) is 0 Å². The standard InChI is InChI=1S/C20H35NO6/c1-5-6-7-8-9-10-11-21(12-15(2)18(22)23,13-16(3)19(24)25)14-17(4)20(26)27/h5-6,15-17H,7-14H2,1-4H3,(H2-,22,23,24,25,26,27)/b6-5+. The molecule has 0 aromatic rings. The average Bonchev–Trinajstić information content (AvgIpc) is 2.57. The van der Waals surface area contributed by atoms with Crippen molar-refractivity contribution in [3.63, 3.8) is 0 Å². The van der Waals surface area contributed by atoms with E-state index < -0.39 is 35.7 Å². The number of hydrogen-bond acceptors (Lipinski definition) is 4. The number of aliphatic carboxylic acids is 3. The van der Waals surface area contributed by atoms with E-state index in [4.69, 9.17) is 0 Å². The van der Waals surface area contributed by atoms with Crippen LogP contribution in [0.2, 0.25) is 0 Å².